The van der Waals surface area contributed by atoms with E-state index >= 15 is 0 Å². The Morgan fingerprint density at radius 3 is 2.91 bits per heavy atom. The minimum absolute atomic E-state index is 0.568. The first-order chi connectivity index (χ1) is 11.4. The van der Waals surface area contributed by atoms with Crippen LogP contribution in [0.1, 0.15) is 44.8 Å². The summed E-state index contributed by atoms with van der Waals surface area (Å²) in [6.45, 7) is 6.61. The molecule has 0 aliphatic carbocycles. The zero-order chi connectivity index (χ0) is 16.2. The predicted molar refractivity (Wildman–Crippen MR) is 93.8 cm³/mol. The third-order valence-electron chi connectivity index (χ3n) is 4.10. The molecule has 1 aliphatic rings. The molecule has 0 saturated carbocycles. The molecule has 1 saturated heterocycles. The van der Waals surface area contributed by atoms with Crippen molar-refractivity contribution in [1.29, 1.82) is 0 Å². The summed E-state index contributed by atoms with van der Waals surface area (Å²) in [4.78, 5) is 4.73. The van der Waals surface area contributed by atoms with Gasteiger partial charge in [-0.2, -0.15) is 0 Å². The second kappa shape index (κ2) is 11.1. The van der Waals surface area contributed by atoms with E-state index in [0.29, 0.717) is 5.92 Å². The van der Waals surface area contributed by atoms with Gasteiger partial charge in [0.15, 0.2) is 5.96 Å². The van der Waals surface area contributed by atoms with Crippen molar-refractivity contribution >= 4 is 5.96 Å². The highest BCUT2D eigenvalue weighted by Crippen LogP contribution is 2.12. The van der Waals surface area contributed by atoms with Crippen LogP contribution >= 0.6 is 0 Å². The van der Waals surface area contributed by atoms with Gasteiger partial charge in [-0.3, -0.25) is 4.99 Å². The van der Waals surface area contributed by atoms with Gasteiger partial charge >= 0.3 is 0 Å². The molecule has 0 amide bonds. The molecular weight excluding hydrogens is 290 g/mol. The normalized spacial score (nSPS) is 18.3. The summed E-state index contributed by atoms with van der Waals surface area (Å²) in [5, 5.41) is 6.86. The fraction of sp³-hybridized carbons (Fsp3) is 0.722. The van der Waals surface area contributed by atoms with Crippen molar-refractivity contribution in [1.82, 2.24) is 10.6 Å². The average Bonchev–Trinajstić information content (AvgIpc) is 3.25. The lowest BCUT2D eigenvalue weighted by Crippen LogP contribution is -2.39. The van der Waals surface area contributed by atoms with E-state index < -0.39 is 0 Å². The average molecular weight is 321 g/mol. The molecule has 130 valence electrons. The zero-order valence-electron chi connectivity index (χ0n) is 14.4. The van der Waals surface area contributed by atoms with E-state index in [1.807, 2.05) is 12.1 Å². The quantitative estimate of drug-likeness (QED) is 0.395. The number of hydrogen-bond donors (Lipinski definition) is 2. The summed E-state index contributed by atoms with van der Waals surface area (Å²) in [5.74, 6) is 2.49. The first-order valence-electron chi connectivity index (χ1n) is 9.00. The molecule has 0 radical (unpaired) electrons. The van der Waals surface area contributed by atoms with Crippen molar-refractivity contribution in [3.63, 3.8) is 0 Å². The van der Waals surface area contributed by atoms with Gasteiger partial charge in [0.05, 0.1) is 12.9 Å². The third-order valence-corrected chi connectivity index (χ3v) is 4.10. The van der Waals surface area contributed by atoms with Gasteiger partial charge in [0.1, 0.15) is 5.76 Å². The maximum Gasteiger partial charge on any atom is 0.191 e. The van der Waals surface area contributed by atoms with E-state index in [9.17, 15) is 0 Å². The van der Waals surface area contributed by atoms with Gasteiger partial charge in [-0.25, -0.2) is 0 Å². The van der Waals surface area contributed by atoms with Gasteiger partial charge in [-0.05, 0) is 25.0 Å². The topological polar surface area (TPSA) is 58.8 Å². The van der Waals surface area contributed by atoms with Crippen molar-refractivity contribution in [2.75, 3.05) is 32.8 Å². The van der Waals surface area contributed by atoms with Crippen molar-refractivity contribution in [3.05, 3.63) is 24.2 Å². The van der Waals surface area contributed by atoms with E-state index in [-0.39, 0.29) is 0 Å². The molecule has 0 bridgehead atoms. The molecule has 1 atom stereocenters. The molecule has 1 unspecified atom stereocenters. The Balaban J connectivity index is 1.71. The molecule has 2 heterocycles. The first-order valence-corrected chi connectivity index (χ1v) is 9.00. The summed E-state index contributed by atoms with van der Waals surface area (Å²) >= 11 is 0. The molecular formula is C18H31N3O2. The van der Waals surface area contributed by atoms with E-state index in [4.69, 9.17) is 14.1 Å². The summed E-state index contributed by atoms with van der Waals surface area (Å²) in [7, 11) is 0. The van der Waals surface area contributed by atoms with Crippen LogP contribution in [0.4, 0.5) is 0 Å². The number of aliphatic imine (C=N–C) groups is 1. The predicted octanol–water partition coefficient (Wildman–Crippen LogP) is 2.97. The van der Waals surface area contributed by atoms with Crippen LogP contribution in [0.15, 0.2) is 27.8 Å². The second-order valence-electron chi connectivity index (χ2n) is 6.16. The molecule has 0 aromatic carbocycles. The molecule has 0 spiro atoms. The van der Waals surface area contributed by atoms with Crippen molar-refractivity contribution < 1.29 is 9.15 Å². The van der Waals surface area contributed by atoms with Gasteiger partial charge < -0.3 is 19.8 Å². The molecule has 2 rings (SSSR count). The maximum atomic E-state index is 5.42. The third kappa shape index (κ3) is 7.55. The lowest BCUT2D eigenvalue weighted by Gasteiger charge is -2.13. The van der Waals surface area contributed by atoms with Crippen molar-refractivity contribution in [2.45, 2.75) is 45.4 Å². The number of hydrogen-bond acceptors (Lipinski definition) is 3. The molecule has 1 fully saturated rings. The number of guanidine groups is 1. The zero-order valence-corrected chi connectivity index (χ0v) is 14.4. The Morgan fingerprint density at radius 1 is 1.26 bits per heavy atom. The number of nitrogens with zero attached hydrogens (tertiary/aromatic N) is 1. The maximum absolute atomic E-state index is 5.42. The van der Waals surface area contributed by atoms with Crippen molar-refractivity contribution in [3.8, 4) is 0 Å². The smallest absolute Gasteiger partial charge is 0.191 e. The lowest BCUT2D eigenvalue weighted by molar-refractivity contribution is 0.187. The van der Waals surface area contributed by atoms with Gasteiger partial charge in [0.2, 0.25) is 0 Å². The Hall–Kier alpha value is -1.49. The Bertz CT molecular complexity index is 425. The largest absolute Gasteiger partial charge is 0.469 e. The summed E-state index contributed by atoms with van der Waals surface area (Å²) in [5.41, 5.74) is 0. The van der Waals surface area contributed by atoms with Crippen LogP contribution in [0.3, 0.4) is 0 Å². The lowest BCUT2D eigenvalue weighted by atomic mass is 10.1. The summed E-state index contributed by atoms with van der Waals surface area (Å²) < 4.78 is 10.8. The number of ether oxygens (including phenoxy) is 1. The van der Waals surface area contributed by atoms with Crippen molar-refractivity contribution in [2.24, 2.45) is 10.9 Å². The number of rotatable bonds is 10. The van der Waals surface area contributed by atoms with Gasteiger partial charge in [0, 0.05) is 38.6 Å². The number of nitrogens with one attached hydrogen (secondary N) is 2. The second-order valence-corrected chi connectivity index (χ2v) is 6.16. The standard InChI is InChI=1S/C18H31N3O2/c1-2-3-4-5-10-19-18(21-14-16-9-13-22-15-16)20-11-8-17-7-6-12-23-17/h6-7,12,16H,2-5,8-11,13-15H2,1H3,(H2,19,20,21). The Kier molecular flexibility index (Phi) is 8.62. The first kappa shape index (κ1) is 17.9. The SMILES string of the molecule is CCCCCCNC(=NCC1CCOC1)NCCc1ccco1. The Labute approximate surface area is 139 Å². The van der Waals surface area contributed by atoms with Gasteiger partial charge in [-0.1, -0.05) is 26.2 Å². The molecule has 1 aromatic heterocycles. The molecule has 5 heteroatoms. The van der Waals surface area contributed by atoms with Crippen LogP contribution in [0, 0.1) is 5.92 Å². The summed E-state index contributed by atoms with van der Waals surface area (Å²) in [6.07, 6.45) is 8.76. The van der Waals surface area contributed by atoms with Gasteiger partial charge in [-0.15, -0.1) is 0 Å². The van der Waals surface area contributed by atoms with E-state index in [1.54, 1.807) is 6.26 Å². The molecule has 5 nitrogen and oxygen atoms in total. The van der Waals surface area contributed by atoms with Gasteiger partial charge in [0.25, 0.3) is 0 Å². The molecule has 1 aliphatic heterocycles. The minimum Gasteiger partial charge on any atom is -0.469 e. The number of furan rings is 1. The molecule has 2 N–H and O–H groups in total. The minimum atomic E-state index is 0.568. The monoisotopic (exact) mass is 321 g/mol. The van der Waals surface area contributed by atoms with Crippen LogP contribution in [0.5, 0.6) is 0 Å². The molecule has 23 heavy (non-hydrogen) atoms. The highest BCUT2D eigenvalue weighted by Gasteiger charge is 2.15. The van der Waals surface area contributed by atoms with Crippen LogP contribution in [-0.2, 0) is 11.2 Å². The van der Waals surface area contributed by atoms with E-state index in [0.717, 1.165) is 57.4 Å². The fourth-order valence-electron chi connectivity index (χ4n) is 2.64. The number of unbranched alkanes of at least 4 members (excludes halogenated alkanes) is 3. The highest BCUT2D eigenvalue weighted by molar-refractivity contribution is 5.79. The van der Waals surface area contributed by atoms with Crippen LogP contribution in [0.2, 0.25) is 0 Å². The Morgan fingerprint density at radius 2 is 2.17 bits per heavy atom. The van der Waals surface area contributed by atoms with Crippen LogP contribution in [0.25, 0.3) is 0 Å². The fourth-order valence-corrected chi connectivity index (χ4v) is 2.64. The van der Waals surface area contributed by atoms with E-state index in [1.165, 1.54) is 25.7 Å². The van der Waals surface area contributed by atoms with Crippen LogP contribution < -0.4 is 10.6 Å². The van der Waals surface area contributed by atoms with Crippen LogP contribution in [-0.4, -0.2) is 38.8 Å². The summed E-state index contributed by atoms with van der Waals surface area (Å²) in [6, 6.07) is 3.93. The van der Waals surface area contributed by atoms with E-state index in [2.05, 4.69) is 17.6 Å². The molecule has 1 aromatic rings. The highest BCUT2D eigenvalue weighted by atomic mass is 16.5.